The Labute approximate surface area is 111 Å². The predicted octanol–water partition coefficient (Wildman–Crippen LogP) is 1.48. The molecule has 1 aliphatic rings. The van der Waals surface area contributed by atoms with Crippen LogP contribution in [0.25, 0.3) is 0 Å². The van der Waals surface area contributed by atoms with Crippen LogP contribution in [0.5, 0.6) is 0 Å². The maximum Gasteiger partial charge on any atom is 0.237 e. The molecule has 0 aromatic carbocycles. The number of carbonyl (C=O) groups is 1. The minimum Gasteiger partial charge on any atom is -0.368 e. The van der Waals surface area contributed by atoms with Crippen LogP contribution in [-0.4, -0.2) is 35.5 Å². The van der Waals surface area contributed by atoms with Crippen molar-refractivity contribution in [1.29, 1.82) is 0 Å². The number of nitrogens with two attached hydrogens (primary N) is 2. The first-order chi connectivity index (χ1) is 8.36. The Balaban J connectivity index is 2.51. The Kier molecular flexibility index (Phi) is 5.60. The lowest BCUT2D eigenvalue weighted by molar-refractivity contribution is -0.123. The molecule has 0 aromatic heterocycles. The van der Waals surface area contributed by atoms with Gasteiger partial charge in [-0.2, -0.15) is 0 Å². The van der Waals surface area contributed by atoms with Crippen molar-refractivity contribution in [3.8, 4) is 0 Å². The molecule has 4 N–H and O–H groups in total. The molecule has 0 aromatic rings. The fourth-order valence-electron chi connectivity index (χ4n) is 2.88. The van der Waals surface area contributed by atoms with Gasteiger partial charge in [0.05, 0.1) is 5.54 Å². The summed E-state index contributed by atoms with van der Waals surface area (Å²) in [4.78, 5) is 13.7. The van der Waals surface area contributed by atoms with Gasteiger partial charge in [0.2, 0.25) is 5.91 Å². The van der Waals surface area contributed by atoms with E-state index in [2.05, 4.69) is 18.7 Å². The van der Waals surface area contributed by atoms with Crippen LogP contribution in [0.1, 0.15) is 52.9 Å². The third-order valence-corrected chi connectivity index (χ3v) is 4.37. The van der Waals surface area contributed by atoms with Crippen molar-refractivity contribution in [3.63, 3.8) is 0 Å². The second-order valence-electron chi connectivity index (χ2n) is 6.08. The molecule has 3 atom stereocenters. The number of hydrogen-bond donors (Lipinski definition) is 2. The van der Waals surface area contributed by atoms with Crippen molar-refractivity contribution >= 4 is 5.91 Å². The van der Waals surface area contributed by atoms with E-state index in [0.717, 1.165) is 19.0 Å². The topological polar surface area (TPSA) is 72.3 Å². The second kappa shape index (κ2) is 6.53. The minimum atomic E-state index is -0.893. The molecular formula is C14H29N3O. The monoisotopic (exact) mass is 255 g/mol. The average molecular weight is 255 g/mol. The van der Waals surface area contributed by atoms with E-state index in [1.54, 1.807) is 6.92 Å². The zero-order valence-electron chi connectivity index (χ0n) is 12.1. The number of amides is 1. The van der Waals surface area contributed by atoms with Crippen LogP contribution in [0.15, 0.2) is 0 Å². The Morgan fingerprint density at radius 3 is 2.67 bits per heavy atom. The normalized spacial score (nSPS) is 27.2. The maximum atomic E-state index is 11.3. The number of nitrogens with zero attached hydrogens (tertiary/aromatic N) is 1. The molecule has 1 rings (SSSR count). The summed E-state index contributed by atoms with van der Waals surface area (Å²) >= 11 is 0. The Morgan fingerprint density at radius 1 is 1.44 bits per heavy atom. The highest BCUT2D eigenvalue weighted by Gasteiger charge is 2.30. The van der Waals surface area contributed by atoms with Gasteiger partial charge >= 0.3 is 0 Å². The lowest BCUT2D eigenvalue weighted by Gasteiger charge is -2.32. The summed E-state index contributed by atoms with van der Waals surface area (Å²) < 4.78 is 0. The third kappa shape index (κ3) is 4.25. The van der Waals surface area contributed by atoms with Crippen LogP contribution in [0.2, 0.25) is 0 Å². The Bertz CT molecular complexity index is 278. The van der Waals surface area contributed by atoms with Crippen LogP contribution >= 0.6 is 0 Å². The van der Waals surface area contributed by atoms with E-state index in [0.29, 0.717) is 12.5 Å². The average Bonchev–Trinajstić information content (AvgIpc) is 2.53. The zero-order chi connectivity index (χ0) is 13.8. The van der Waals surface area contributed by atoms with Crippen LogP contribution < -0.4 is 11.5 Å². The first-order valence-electron chi connectivity index (χ1n) is 7.19. The zero-order valence-corrected chi connectivity index (χ0v) is 12.1. The summed E-state index contributed by atoms with van der Waals surface area (Å²) in [6.07, 6.45) is 5.76. The van der Waals surface area contributed by atoms with Crippen LogP contribution in [-0.2, 0) is 4.79 Å². The number of primary amides is 1. The number of hydrogen-bond acceptors (Lipinski definition) is 3. The summed E-state index contributed by atoms with van der Waals surface area (Å²) in [6, 6.07) is 0.322. The quantitative estimate of drug-likeness (QED) is 0.781. The molecule has 0 radical (unpaired) electrons. The second-order valence-corrected chi connectivity index (χ2v) is 6.08. The van der Waals surface area contributed by atoms with Gasteiger partial charge in [-0.1, -0.05) is 13.3 Å². The Morgan fingerprint density at radius 2 is 2.11 bits per heavy atom. The molecule has 0 saturated carbocycles. The van der Waals surface area contributed by atoms with E-state index < -0.39 is 11.4 Å². The fourth-order valence-corrected chi connectivity index (χ4v) is 2.88. The smallest absolute Gasteiger partial charge is 0.237 e. The van der Waals surface area contributed by atoms with Crippen molar-refractivity contribution in [2.45, 2.75) is 64.5 Å². The van der Waals surface area contributed by atoms with Crippen molar-refractivity contribution in [1.82, 2.24) is 4.90 Å². The van der Waals surface area contributed by atoms with Gasteiger partial charge < -0.3 is 16.4 Å². The maximum absolute atomic E-state index is 11.3. The van der Waals surface area contributed by atoms with Gasteiger partial charge in [-0.05, 0) is 58.5 Å². The molecule has 4 heteroatoms. The number of carbonyl (C=O) groups excluding carboxylic acids is 1. The molecule has 1 aliphatic heterocycles. The van der Waals surface area contributed by atoms with Crippen molar-refractivity contribution < 1.29 is 4.79 Å². The van der Waals surface area contributed by atoms with Crippen molar-refractivity contribution in [2.24, 2.45) is 17.4 Å². The third-order valence-electron chi connectivity index (χ3n) is 4.37. The standard InChI is InChI=1S/C14H29N3O/c1-4-12-6-5-8-17(9-7-12)11(2)10-14(3,16)13(15)18/h11-12H,4-10,16H2,1-3H3,(H2,15,18). The summed E-state index contributed by atoms with van der Waals surface area (Å²) in [5, 5.41) is 0. The molecule has 18 heavy (non-hydrogen) atoms. The first-order valence-corrected chi connectivity index (χ1v) is 7.19. The molecule has 4 nitrogen and oxygen atoms in total. The molecule has 1 saturated heterocycles. The van der Waals surface area contributed by atoms with Gasteiger partial charge in [0.25, 0.3) is 0 Å². The predicted molar refractivity (Wildman–Crippen MR) is 75.1 cm³/mol. The van der Waals surface area contributed by atoms with E-state index in [4.69, 9.17) is 11.5 Å². The SMILES string of the molecule is CCC1CCCN(C(C)CC(C)(N)C(N)=O)CC1. The van der Waals surface area contributed by atoms with Gasteiger partial charge in [0.15, 0.2) is 0 Å². The van der Waals surface area contributed by atoms with Gasteiger partial charge in [-0.15, -0.1) is 0 Å². The van der Waals surface area contributed by atoms with E-state index in [9.17, 15) is 4.79 Å². The summed E-state index contributed by atoms with van der Waals surface area (Å²) in [6.45, 7) is 8.40. The summed E-state index contributed by atoms with van der Waals surface area (Å²) in [5.74, 6) is 0.457. The van der Waals surface area contributed by atoms with Crippen LogP contribution in [0, 0.1) is 5.92 Å². The van der Waals surface area contributed by atoms with Gasteiger partial charge in [0, 0.05) is 6.04 Å². The lowest BCUT2D eigenvalue weighted by Crippen LogP contribution is -2.53. The summed E-state index contributed by atoms with van der Waals surface area (Å²) in [5.41, 5.74) is 10.4. The van der Waals surface area contributed by atoms with Crippen molar-refractivity contribution in [3.05, 3.63) is 0 Å². The molecule has 3 unspecified atom stereocenters. The minimum absolute atomic E-state index is 0.322. The Hall–Kier alpha value is -0.610. The lowest BCUT2D eigenvalue weighted by atomic mass is 9.93. The molecule has 0 aliphatic carbocycles. The molecule has 106 valence electrons. The molecule has 1 amide bonds. The molecule has 0 bridgehead atoms. The van der Waals surface area contributed by atoms with Gasteiger partial charge in [-0.25, -0.2) is 0 Å². The highest BCUT2D eigenvalue weighted by Crippen LogP contribution is 2.23. The first kappa shape index (κ1) is 15.4. The highest BCUT2D eigenvalue weighted by molar-refractivity contribution is 5.83. The largest absolute Gasteiger partial charge is 0.368 e. The van der Waals surface area contributed by atoms with Crippen LogP contribution in [0.4, 0.5) is 0 Å². The van der Waals surface area contributed by atoms with Crippen LogP contribution in [0.3, 0.4) is 0 Å². The number of rotatable bonds is 5. The highest BCUT2D eigenvalue weighted by atomic mass is 16.1. The summed E-state index contributed by atoms with van der Waals surface area (Å²) in [7, 11) is 0. The van der Waals surface area contributed by atoms with E-state index in [1.165, 1.54) is 25.7 Å². The van der Waals surface area contributed by atoms with E-state index in [1.807, 2.05) is 0 Å². The van der Waals surface area contributed by atoms with Crippen molar-refractivity contribution in [2.75, 3.05) is 13.1 Å². The molecular weight excluding hydrogens is 226 g/mol. The van der Waals surface area contributed by atoms with Gasteiger partial charge in [0.1, 0.15) is 0 Å². The van der Waals surface area contributed by atoms with E-state index in [-0.39, 0.29) is 0 Å². The molecule has 1 heterocycles. The van der Waals surface area contributed by atoms with E-state index >= 15 is 0 Å². The van der Waals surface area contributed by atoms with Gasteiger partial charge in [-0.3, -0.25) is 4.79 Å². The fraction of sp³-hybridized carbons (Fsp3) is 0.929. The number of likely N-dealkylation sites (tertiary alicyclic amines) is 1. The molecule has 1 fully saturated rings. The molecule has 0 spiro atoms.